The van der Waals surface area contributed by atoms with Crippen LogP contribution < -0.4 is 5.30 Å². The van der Waals surface area contributed by atoms with Crippen LogP contribution in [0, 0.1) is 13.8 Å². The van der Waals surface area contributed by atoms with E-state index in [9.17, 15) is 5.11 Å². The van der Waals surface area contributed by atoms with Gasteiger partial charge >= 0.3 is 0 Å². The molecule has 1 N–H and O–H groups in total. The summed E-state index contributed by atoms with van der Waals surface area (Å²) in [6.07, 6.45) is 5.04. The molecule has 1 aliphatic rings. The number of benzene rings is 2. The smallest absolute Gasteiger partial charge is 0.122 e. The first-order valence-corrected chi connectivity index (χ1v) is 11.3. The molecule has 0 bridgehead atoms. The Hall–Kier alpha value is -1.37. The van der Waals surface area contributed by atoms with Crippen molar-refractivity contribution in [3.63, 3.8) is 0 Å². The molecule has 146 valence electrons. The summed E-state index contributed by atoms with van der Waals surface area (Å²) >= 11 is 0. The molecule has 0 amide bonds. The molecule has 2 aromatic carbocycles. The SMILES string of the molecule is CCC(C)(Pc1c(C)cccc1CN1CCCCC1)c1cccc(C)c1O. The number of phenols is 1. The van der Waals surface area contributed by atoms with E-state index < -0.39 is 0 Å². The minimum Gasteiger partial charge on any atom is -0.507 e. The third-order valence-corrected chi connectivity index (χ3v) is 8.28. The summed E-state index contributed by atoms with van der Waals surface area (Å²) in [7, 11) is 0.651. The minimum atomic E-state index is -0.0428. The van der Waals surface area contributed by atoms with Crippen LogP contribution in [0.15, 0.2) is 36.4 Å². The summed E-state index contributed by atoms with van der Waals surface area (Å²) in [5, 5.41) is 12.2. The van der Waals surface area contributed by atoms with Gasteiger partial charge in [-0.05, 0) is 68.2 Å². The monoisotopic (exact) mass is 383 g/mol. The fourth-order valence-corrected chi connectivity index (χ4v) is 5.79. The molecule has 1 heterocycles. The Kier molecular flexibility index (Phi) is 6.61. The topological polar surface area (TPSA) is 23.5 Å². The van der Waals surface area contributed by atoms with Crippen molar-refractivity contribution in [1.82, 2.24) is 4.90 Å². The third-order valence-electron chi connectivity index (χ3n) is 6.14. The summed E-state index contributed by atoms with van der Waals surface area (Å²) in [4.78, 5) is 2.61. The molecule has 1 saturated heterocycles. The summed E-state index contributed by atoms with van der Waals surface area (Å²) in [6.45, 7) is 12.3. The van der Waals surface area contributed by atoms with E-state index >= 15 is 0 Å². The number of aryl methyl sites for hydroxylation is 2. The van der Waals surface area contributed by atoms with Crippen molar-refractivity contribution >= 4 is 13.9 Å². The van der Waals surface area contributed by atoms with E-state index in [0.29, 0.717) is 14.3 Å². The predicted molar refractivity (Wildman–Crippen MR) is 119 cm³/mol. The van der Waals surface area contributed by atoms with E-state index in [4.69, 9.17) is 0 Å². The lowest BCUT2D eigenvalue weighted by molar-refractivity contribution is 0.221. The van der Waals surface area contributed by atoms with Crippen molar-refractivity contribution in [2.75, 3.05) is 13.1 Å². The number of para-hydroxylation sites is 1. The van der Waals surface area contributed by atoms with Gasteiger partial charge in [0.15, 0.2) is 0 Å². The number of hydrogen-bond acceptors (Lipinski definition) is 2. The number of hydrogen-bond donors (Lipinski definition) is 1. The van der Waals surface area contributed by atoms with E-state index in [1.54, 1.807) is 0 Å². The first kappa shape index (κ1) is 20.4. The third kappa shape index (κ3) is 4.55. The van der Waals surface area contributed by atoms with Crippen molar-refractivity contribution in [1.29, 1.82) is 0 Å². The van der Waals surface area contributed by atoms with E-state index in [1.165, 1.54) is 48.8 Å². The highest BCUT2D eigenvalue weighted by Gasteiger charge is 2.30. The number of aromatic hydroxyl groups is 1. The number of rotatable bonds is 6. The standard InChI is InChI=1S/C24H34NOP/c1-5-24(4,21-14-10-11-18(2)22(21)26)27-23-19(3)12-9-13-20(23)17-25-15-7-6-8-16-25/h9-14,26-27H,5-8,15-17H2,1-4H3. The van der Waals surface area contributed by atoms with Crippen LogP contribution in [0.3, 0.4) is 0 Å². The Morgan fingerprint density at radius 1 is 1.00 bits per heavy atom. The van der Waals surface area contributed by atoms with E-state index in [2.05, 4.69) is 56.0 Å². The molecule has 2 atom stereocenters. The highest BCUT2D eigenvalue weighted by molar-refractivity contribution is 7.48. The van der Waals surface area contributed by atoms with E-state index in [0.717, 1.165) is 24.1 Å². The van der Waals surface area contributed by atoms with Gasteiger partial charge in [0.1, 0.15) is 5.75 Å². The van der Waals surface area contributed by atoms with Crippen LogP contribution in [0.4, 0.5) is 0 Å². The molecule has 0 aromatic heterocycles. The van der Waals surface area contributed by atoms with Crippen LogP contribution in [0.1, 0.15) is 61.8 Å². The summed E-state index contributed by atoms with van der Waals surface area (Å²) < 4.78 is 0. The second-order valence-corrected chi connectivity index (χ2v) is 10.1. The first-order chi connectivity index (χ1) is 12.9. The molecule has 2 nitrogen and oxygen atoms in total. The summed E-state index contributed by atoms with van der Waals surface area (Å²) in [5.41, 5.74) is 4.92. The lowest BCUT2D eigenvalue weighted by Gasteiger charge is -2.33. The molecule has 2 aromatic rings. The molecule has 27 heavy (non-hydrogen) atoms. The molecule has 3 heteroatoms. The number of likely N-dealkylation sites (tertiary alicyclic amines) is 1. The van der Waals surface area contributed by atoms with Crippen LogP contribution in [0.25, 0.3) is 0 Å². The van der Waals surface area contributed by atoms with Crippen LogP contribution in [0.2, 0.25) is 0 Å². The molecule has 0 radical (unpaired) electrons. The van der Waals surface area contributed by atoms with E-state index in [-0.39, 0.29) is 5.16 Å². The van der Waals surface area contributed by atoms with Gasteiger partial charge in [0.2, 0.25) is 0 Å². The molecule has 0 spiro atoms. The van der Waals surface area contributed by atoms with Crippen molar-refractivity contribution in [3.8, 4) is 5.75 Å². The zero-order valence-corrected chi connectivity index (χ0v) is 18.3. The maximum atomic E-state index is 10.7. The average Bonchev–Trinajstić information content (AvgIpc) is 2.67. The Bertz CT molecular complexity index is 782. The maximum absolute atomic E-state index is 10.7. The zero-order valence-electron chi connectivity index (χ0n) is 17.3. The highest BCUT2D eigenvalue weighted by Crippen LogP contribution is 2.48. The van der Waals surface area contributed by atoms with Crippen molar-refractivity contribution in [2.45, 2.75) is 65.1 Å². The fourth-order valence-electron chi connectivity index (χ4n) is 4.12. The highest BCUT2D eigenvalue weighted by atomic mass is 31.1. The second kappa shape index (κ2) is 8.76. The van der Waals surface area contributed by atoms with E-state index in [1.807, 2.05) is 13.0 Å². The number of phenolic OH excluding ortho intramolecular Hbond substituents is 1. The normalized spacial score (nSPS) is 18.1. The molecule has 0 saturated carbocycles. The van der Waals surface area contributed by atoms with Gasteiger partial charge in [-0.3, -0.25) is 4.90 Å². The zero-order chi connectivity index (χ0) is 19.4. The molecule has 1 aliphatic heterocycles. The Balaban J connectivity index is 1.94. The quantitative estimate of drug-likeness (QED) is 0.654. The van der Waals surface area contributed by atoms with Crippen molar-refractivity contribution in [2.24, 2.45) is 0 Å². The molecule has 3 rings (SSSR count). The predicted octanol–water partition coefficient (Wildman–Crippen LogP) is 5.62. The Morgan fingerprint density at radius 2 is 1.67 bits per heavy atom. The van der Waals surface area contributed by atoms with Crippen LogP contribution in [0.5, 0.6) is 5.75 Å². The second-order valence-electron chi connectivity index (χ2n) is 8.23. The van der Waals surface area contributed by atoms with Crippen LogP contribution in [-0.2, 0) is 11.7 Å². The molecular weight excluding hydrogens is 349 g/mol. The first-order valence-electron chi connectivity index (χ1n) is 10.3. The number of nitrogens with zero attached hydrogens (tertiary/aromatic N) is 1. The lowest BCUT2D eigenvalue weighted by Crippen LogP contribution is -2.31. The Morgan fingerprint density at radius 3 is 2.37 bits per heavy atom. The van der Waals surface area contributed by atoms with Gasteiger partial charge in [0, 0.05) is 17.3 Å². The van der Waals surface area contributed by atoms with Gasteiger partial charge < -0.3 is 5.11 Å². The molecular formula is C24H34NOP. The minimum absolute atomic E-state index is 0.0428. The van der Waals surface area contributed by atoms with Gasteiger partial charge in [-0.2, -0.15) is 0 Å². The summed E-state index contributed by atoms with van der Waals surface area (Å²) in [6, 6.07) is 12.9. The van der Waals surface area contributed by atoms with Gasteiger partial charge in [-0.15, -0.1) is 0 Å². The van der Waals surface area contributed by atoms with Crippen LogP contribution in [-0.4, -0.2) is 23.1 Å². The van der Waals surface area contributed by atoms with Gasteiger partial charge in [-0.25, -0.2) is 0 Å². The largest absolute Gasteiger partial charge is 0.507 e. The Labute approximate surface area is 166 Å². The van der Waals surface area contributed by atoms with Gasteiger partial charge in [0.05, 0.1) is 0 Å². The lowest BCUT2D eigenvalue weighted by atomic mass is 9.94. The maximum Gasteiger partial charge on any atom is 0.122 e. The number of piperidine rings is 1. The molecule has 1 fully saturated rings. The van der Waals surface area contributed by atoms with Crippen molar-refractivity contribution < 1.29 is 5.11 Å². The molecule has 2 unspecified atom stereocenters. The molecule has 0 aliphatic carbocycles. The average molecular weight is 384 g/mol. The van der Waals surface area contributed by atoms with Gasteiger partial charge in [-0.1, -0.05) is 65.2 Å². The van der Waals surface area contributed by atoms with Crippen molar-refractivity contribution in [3.05, 3.63) is 58.7 Å². The van der Waals surface area contributed by atoms with Gasteiger partial charge in [0.25, 0.3) is 0 Å². The summed E-state index contributed by atoms with van der Waals surface area (Å²) in [5.74, 6) is 0.473. The fraction of sp³-hybridized carbons (Fsp3) is 0.500. The van der Waals surface area contributed by atoms with Crippen LogP contribution >= 0.6 is 8.58 Å².